The van der Waals surface area contributed by atoms with E-state index in [4.69, 9.17) is 4.74 Å². The second-order valence-corrected chi connectivity index (χ2v) is 4.21. The molecular weight excluding hydrogens is 216 g/mol. The van der Waals surface area contributed by atoms with Gasteiger partial charge in [-0.25, -0.2) is 0 Å². The first kappa shape index (κ1) is 11.8. The Kier molecular flexibility index (Phi) is 3.52. The van der Waals surface area contributed by atoms with Gasteiger partial charge in [-0.1, -0.05) is 6.07 Å². The number of rotatable bonds is 4. The monoisotopic (exact) mass is 234 g/mol. The van der Waals surface area contributed by atoms with Crippen molar-refractivity contribution < 1.29 is 9.53 Å². The van der Waals surface area contributed by atoms with Gasteiger partial charge in [0, 0.05) is 25.3 Å². The molecular formula is C13H18N2O2. The maximum absolute atomic E-state index is 11.8. The number of hydrogen-bond donors (Lipinski definition) is 1. The quantitative estimate of drug-likeness (QED) is 0.862. The van der Waals surface area contributed by atoms with Crippen molar-refractivity contribution in [3.8, 4) is 5.75 Å². The number of anilines is 1. The van der Waals surface area contributed by atoms with Gasteiger partial charge in [0.2, 0.25) is 5.91 Å². The summed E-state index contributed by atoms with van der Waals surface area (Å²) in [5, 5.41) is 3.25. The van der Waals surface area contributed by atoms with Crippen molar-refractivity contribution in [3.63, 3.8) is 0 Å². The van der Waals surface area contributed by atoms with E-state index in [1.54, 1.807) is 4.90 Å². The number of nitrogens with one attached hydrogen (secondary N) is 1. The highest BCUT2D eigenvalue weighted by molar-refractivity contribution is 5.86. The third-order valence-electron chi connectivity index (χ3n) is 2.91. The van der Waals surface area contributed by atoms with Crippen LogP contribution in [0.2, 0.25) is 0 Å². The summed E-state index contributed by atoms with van der Waals surface area (Å²) in [5.41, 5.74) is 0.935. The summed E-state index contributed by atoms with van der Waals surface area (Å²) in [6.45, 7) is 3.42. The molecule has 4 heteroatoms. The first-order valence-electron chi connectivity index (χ1n) is 5.95. The number of likely N-dealkylation sites (tertiary alicyclic amines) is 1. The molecule has 17 heavy (non-hydrogen) atoms. The molecule has 1 unspecified atom stereocenters. The van der Waals surface area contributed by atoms with E-state index in [1.165, 1.54) is 0 Å². The summed E-state index contributed by atoms with van der Waals surface area (Å²) in [4.78, 5) is 13.5. The van der Waals surface area contributed by atoms with Crippen LogP contribution in [-0.2, 0) is 4.79 Å². The number of ether oxygens (including phenoxy) is 1. The predicted octanol–water partition coefficient (Wildman–Crippen LogP) is 1.73. The maximum atomic E-state index is 11.8. The summed E-state index contributed by atoms with van der Waals surface area (Å²) in [7, 11) is 1.83. The smallest absolute Gasteiger partial charge is 0.244 e. The Morgan fingerprint density at radius 2 is 2.35 bits per heavy atom. The molecule has 1 aromatic carbocycles. The number of hydrogen-bond acceptors (Lipinski definition) is 3. The van der Waals surface area contributed by atoms with E-state index in [0.29, 0.717) is 6.61 Å². The molecule has 0 aliphatic carbocycles. The van der Waals surface area contributed by atoms with E-state index in [2.05, 4.69) is 5.32 Å². The van der Waals surface area contributed by atoms with Crippen LogP contribution in [0.5, 0.6) is 5.75 Å². The van der Waals surface area contributed by atoms with Crippen molar-refractivity contribution >= 4 is 11.6 Å². The van der Waals surface area contributed by atoms with Gasteiger partial charge in [-0.3, -0.25) is 4.79 Å². The van der Waals surface area contributed by atoms with Crippen molar-refractivity contribution in [1.82, 2.24) is 4.90 Å². The summed E-state index contributed by atoms with van der Waals surface area (Å²) in [6, 6.07) is 7.62. The number of benzene rings is 1. The normalized spacial score (nSPS) is 19.5. The Morgan fingerprint density at radius 3 is 3.00 bits per heavy atom. The van der Waals surface area contributed by atoms with Gasteiger partial charge in [-0.05, 0) is 25.5 Å². The summed E-state index contributed by atoms with van der Waals surface area (Å²) in [6.07, 6.45) is 0.855. The molecule has 0 spiro atoms. The fourth-order valence-electron chi connectivity index (χ4n) is 2.00. The van der Waals surface area contributed by atoms with Crippen LogP contribution in [0, 0.1) is 0 Å². The highest BCUT2D eigenvalue weighted by Crippen LogP contribution is 2.20. The van der Waals surface area contributed by atoms with Crippen molar-refractivity contribution in [2.24, 2.45) is 0 Å². The Labute approximate surface area is 102 Å². The lowest BCUT2D eigenvalue weighted by Gasteiger charge is -2.14. The van der Waals surface area contributed by atoms with Gasteiger partial charge in [0.15, 0.2) is 0 Å². The van der Waals surface area contributed by atoms with Gasteiger partial charge < -0.3 is 15.0 Å². The van der Waals surface area contributed by atoms with Crippen molar-refractivity contribution in [3.05, 3.63) is 24.3 Å². The molecule has 0 aromatic heterocycles. The van der Waals surface area contributed by atoms with Gasteiger partial charge in [0.1, 0.15) is 11.8 Å². The van der Waals surface area contributed by atoms with Crippen molar-refractivity contribution in [2.75, 3.05) is 25.5 Å². The first-order valence-corrected chi connectivity index (χ1v) is 5.95. The standard InChI is InChI=1S/C13H18N2O2/c1-3-17-11-6-4-5-10(9-11)14-12-7-8-15(2)13(12)16/h4-6,9,12,14H,3,7-8H2,1-2H3. The van der Waals surface area contributed by atoms with Crippen LogP contribution in [0.1, 0.15) is 13.3 Å². The molecule has 1 fully saturated rings. The number of carbonyl (C=O) groups is 1. The minimum atomic E-state index is -0.100. The molecule has 1 amide bonds. The highest BCUT2D eigenvalue weighted by Gasteiger charge is 2.28. The van der Waals surface area contributed by atoms with Crippen molar-refractivity contribution in [1.29, 1.82) is 0 Å². The molecule has 0 saturated carbocycles. The van der Waals surface area contributed by atoms with E-state index in [-0.39, 0.29) is 11.9 Å². The third kappa shape index (κ3) is 2.70. The fourth-order valence-corrected chi connectivity index (χ4v) is 2.00. The first-order chi connectivity index (χ1) is 8.20. The van der Waals surface area contributed by atoms with Gasteiger partial charge in [-0.2, -0.15) is 0 Å². The van der Waals surface area contributed by atoms with E-state index >= 15 is 0 Å². The lowest BCUT2D eigenvalue weighted by molar-refractivity contribution is -0.127. The SMILES string of the molecule is CCOc1cccc(NC2CCN(C)C2=O)c1. The summed E-state index contributed by atoms with van der Waals surface area (Å²) >= 11 is 0. The van der Waals surface area contributed by atoms with E-state index < -0.39 is 0 Å². The molecule has 1 aromatic rings. The number of carbonyl (C=O) groups excluding carboxylic acids is 1. The fraction of sp³-hybridized carbons (Fsp3) is 0.462. The van der Waals surface area contributed by atoms with Crippen LogP contribution >= 0.6 is 0 Å². The zero-order valence-electron chi connectivity index (χ0n) is 10.3. The lowest BCUT2D eigenvalue weighted by Crippen LogP contribution is -2.30. The lowest BCUT2D eigenvalue weighted by atomic mass is 10.2. The average molecular weight is 234 g/mol. The van der Waals surface area contributed by atoms with Crippen LogP contribution < -0.4 is 10.1 Å². The molecule has 0 radical (unpaired) electrons. The zero-order chi connectivity index (χ0) is 12.3. The molecule has 4 nitrogen and oxygen atoms in total. The average Bonchev–Trinajstić information content (AvgIpc) is 2.62. The van der Waals surface area contributed by atoms with Crippen molar-refractivity contribution in [2.45, 2.75) is 19.4 Å². The molecule has 1 N–H and O–H groups in total. The zero-order valence-corrected chi connectivity index (χ0v) is 10.3. The summed E-state index contributed by atoms with van der Waals surface area (Å²) in [5.74, 6) is 0.989. The van der Waals surface area contributed by atoms with E-state index in [9.17, 15) is 4.79 Å². The van der Waals surface area contributed by atoms with Crippen LogP contribution in [0.4, 0.5) is 5.69 Å². The van der Waals surface area contributed by atoms with E-state index in [0.717, 1.165) is 24.4 Å². The van der Waals surface area contributed by atoms with Crippen LogP contribution in [0.15, 0.2) is 24.3 Å². The molecule has 92 valence electrons. The second kappa shape index (κ2) is 5.08. The molecule has 1 atom stereocenters. The molecule has 0 bridgehead atoms. The molecule has 1 saturated heterocycles. The third-order valence-corrected chi connectivity index (χ3v) is 2.91. The Balaban J connectivity index is 2.03. The molecule has 1 aliphatic heterocycles. The topological polar surface area (TPSA) is 41.6 Å². The Morgan fingerprint density at radius 1 is 1.53 bits per heavy atom. The predicted molar refractivity (Wildman–Crippen MR) is 67.3 cm³/mol. The van der Waals surface area contributed by atoms with Gasteiger partial charge in [0.25, 0.3) is 0 Å². The van der Waals surface area contributed by atoms with Crippen LogP contribution in [0.3, 0.4) is 0 Å². The number of nitrogens with zero attached hydrogens (tertiary/aromatic N) is 1. The van der Waals surface area contributed by atoms with Gasteiger partial charge in [0.05, 0.1) is 6.61 Å². The van der Waals surface area contributed by atoms with Gasteiger partial charge >= 0.3 is 0 Å². The molecule has 2 rings (SSSR count). The van der Waals surface area contributed by atoms with Gasteiger partial charge in [-0.15, -0.1) is 0 Å². The minimum absolute atomic E-state index is 0.100. The largest absolute Gasteiger partial charge is 0.494 e. The maximum Gasteiger partial charge on any atom is 0.244 e. The molecule has 1 heterocycles. The van der Waals surface area contributed by atoms with Crippen LogP contribution in [-0.4, -0.2) is 37.0 Å². The number of likely N-dealkylation sites (N-methyl/N-ethyl adjacent to an activating group) is 1. The minimum Gasteiger partial charge on any atom is -0.494 e. The second-order valence-electron chi connectivity index (χ2n) is 4.21. The summed E-state index contributed by atoms with van der Waals surface area (Å²) < 4.78 is 5.42. The van der Waals surface area contributed by atoms with Crippen LogP contribution in [0.25, 0.3) is 0 Å². The Bertz CT molecular complexity index is 406. The van der Waals surface area contributed by atoms with E-state index in [1.807, 2.05) is 38.2 Å². The highest BCUT2D eigenvalue weighted by atomic mass is 16.5. The molecule has 1 aliphatic rings. The number of amides is 1. The Hall–Kier alpha value is -1.71.